The van der Waals surface area contributed by atoms with Crippen LogP contribution in [0.4, 0.5) is 0 Å². The molecule has 4 nitrogen and oxygen atoms in total. The maximum Gasteiger partial charge on any atom is 0.0894 e. The van der Waals surface area contributed by atoms with Crippen molar-refractivity contribution in [2.45, 2.75) is 0 Å². The van der Waals surface area contributed by atoms with Crippen LogP contribution < -0.4 is 0 Å². The molecule has 48 heavy (non-hydrogen) atoms. The van der Waals surface area contributed by atoms with Gasteiger partial charge in [0.1, 0.15) is 0 Å². The van der Waals surface area contributed by atoms with E-state index in [2.05, 4.69) is 149 Å². The summed E-state index contributed by atoms with van der Waals surface area (Å²) in [7, 11) is 0. The number of rotatable bonds is 4. The van der Waals surface area contributed by atoms with E-state index in [1.165, 1.54) is 43.6 Å². The van der Waals surface area contributed by atoms with E-state index in [4.69, 9.17) is 9.97 Å². The lowest BCUT2D eigenvalue weighted by molar-refractivity contribution is 1.17. The van der Waals surface area contributed by atoms with Crippen LogP contribution >= 0.6 is 0 Å². The highest BCUT2D eigenvalue weighted by atomic mass is 15.0. The molecule has 0 saturated carbocycles. The fourth-order valence-corrected chi connectivity index (χ4v) is 7.38. The molecular weight excluding hydrogens is 585 g/mol. The van der Waals surface area contributed by atoms with Crippen LogP contribution in [0.15, 0.2) is 170 Å². The molecule has 0 unspecified atom stereocenters. The third kappa shape index (κ3) is 4.03. The lowest BCUT2D eigenvalue weighted by atomic mass is 9.99. The van der Waals surface area contributed by atoms with Gasteiger partial charge in [0.05, 0.1) is 50.7 Å². The molecule has 0 amide bonds. The van der Waals surface area contributed by atoms with Crippen molar-refractivity contribution in [3.63, 3.8) is 0 Å². The van der Waals surface area contributed by atoms with E-state index in [0.29, 0.717) is 0 Å². The van der Waals surface area contributed by atoms with E-state index < -0.39 is 0 Å². The van der Waals surface area contributed by atoms with Gasteiger partial charge in [-0.05, 0) is 66.2 Å². The van der Waals surface area contributed by atoms with Gasteiger partial charge >= 0.3 is 0 Å². The van der Waals surface area contributed by atoms with Crippen molar-refractivity contribution < 1.29 is 0 Å². The fraction of sp³-hybridized carbons (Fsp3) is 0. The first kappa shape index (κ1) is 26.7. The first-order valence-corrected chi connectivity index (χ1v) is 16.3. The minimum atomic E-state index is 0.857. The SMILES string of the molecule is c1ccc(-c2cc(-c3cnc4ccccc4n3)ccc2-n2c3ccccc3c3cc4c(cc32)c2ccccc2n4-c2ccccc2)cc1. The van der Waals surface area contributed by atoms with Crippen LogP contribution in [0.1, 0.15) is 0 Å². The normalized spacial score (nSPS) is 11.8. The number of benzene rings is 7. The van der Waals surface area contributed by atoms with E-state index in [0.717, 1.165) is 44.8 Å². The summed E-state index contributed by atoms with van der Waals surface area (Å²) in [5.41, 5.74) is 13.0. The van der Waals surface area contributed by atoms with Crippen LogP contribution in [-0.2, 0) is 0 Å². The average molecular weight is 613 g/mol. The Bertz CT molecular complexity index is 2830. The summed E-state index contributed by atoms with van der Waals surface area (Å²) in [6.07, 6.45) is 1.88. The largest absolute Gasteiger partial charge is 0.309 e. The molecule has 0 aliphatic heterocycles. The van der Waals surface area contributed by atoms with Gasteiger partial charge in [-0.15, -0.1) is 0 Å². The Balaban J connectivity index is 1.28. The van der Waals surface area contributed by atoms with Gasteiger partial charge in [-0.2, -0.15) is 0 Å². The summed E-state index contributed by atoms with van der Waals surface area (Å²) in [6, 6.07) is 58.3. The summed E-state index contributed by atoms with van der Waals surface area (Å²) in [5, 5.41) is 4.92. The Hall–Kier alpha value is -6.52. The highest BCUT2D eigenvalue weighted by Gasteiger charge is 2.20. The quantitative estimate of drug-likeness (QED) is 0.198. The molecular formula is C44H28N4. The third-order valence-electron chi connectivity index (χ3n) is 9.55. The molecule has 3 aromatic heterocycles. The Morgan fingerprint density at radius 1 is 0.396 bits per heavy atom. The van der Waals surface area contributed by atoms with E-state index in [1.54, 1.807) is 0 Å². The molecule has 0 spiro atoms. The van der Waals surface area contributed by atoms with Crippen molar-refractivity contribution in [1.29, 1.82) is 0 Å². The lowest BCUT2D eigenvalue weighted by Crippen LogP contribution is -1.98. The zero-order valence-corrected chi connectivity index (χ0v) is 26.0. The third-order valence-corrected chi connectivity index (χ3v) is 9.55. The second-order valence-electron chi connectivity index (χ2n) is 12.3. The molecule has 0 fully saturated rings. The number of aromatic nitrogens is 4. The van der Waals surface area contributed by atoms with Crippen molar-refractivity contribution in [2.75, 3.05) is 0 Å². The van der Waals surface area contributed by atoms with Gasteiger partial charge in [-0.3, -0.25) is 4.98 Å². The Morgan fingerprint density at radius 3 is 1.71 bits per heavy atom. The molecule has 0 radical (unpaired) electrons. The van der Waals surface area contributed by atoms with Crippen molar-refractivity contribution in [3.8, 4) is 33.8 Å². The summed E-state index contributed by atoms with van der Waals surface area (Å²) in [5.74, 6) is 0. The number of para-hydroxylation sites is 5. The minimum absolute atomic E-state index is 0.857. The molecule has 224 valence electrons. The zero-order valence-electron chi connectivity index (χ0n) is 26.0. The molecule has 10 rings (SSSR count). The molecule has 0 atom stereocenters. The summed E-state index contributed by atoms with van der Waals surface area (Å²) in [6.45, 7) is 0. The second-order valence-corrected chi connectivity index (χ2v) is 12.3. The highest BCUT2D eigenvalue weighted by molar-refractivity contribution is 6.19. The molecule has 0 bridgehead atoms. The monoisotopic (exact) mass is 612 g/mol. The number of nitrogens with zero attached hydrogens (tertiary/aromatic N) is 4. The molecule has 10 aromatic rings. The van der Waals surface area contributed by atoms with Gasteiger partial charge in [0.2, 0.25) is 0 Å². The molecule has 3 heterocycles. The molecule has 0 N–H and O–H groups in total. The van der Waals surface area contributed by atoms with Crippen molar-refractivity contribution in [1.82, 2.24) is 19.1 Å². The number of hydrogen-bond donors (Lipinski definition) is 0. The van der Waals surface area contributed by atoms with Crippen LogP contribution in [0.5, 0.6) is 0 Å². The van der Waals surface area contributed by atoms with E-state index in [1.807, 2.05) is 30.5 Å². The van der Waals surface area contributed by atoms with Crippen molar-refractivity contribution in [3.05, 3.63) is 170 Å². The van der Waals surface area contributed by atoms with Crippen LogP contribution in [0.25, 0.3) is 88.4 Å². The molecule has 0 saturated heterocycles. The van der Waals surface area contributed by atoms with E-state index in [9.17, 15) is 0 Å². The zero-order chi connectivity index (χ0) is 31.6. The second kappa shape index (κ2) is 10.5. The maximum absolute atomic E-state index is 4.99. The Kier molecular flexibility index (Phi) is 5.84. The summed E-state index contributed by atoms with van der Waals surface area (Å²) >= 11 is 0. The molecule has 0 aliphatic rings. The maximum atomic E-state index is 4.99. The van der Waals surface area contributed by atoms with Crippen LogP contribution in [0, 0.1) is 0 Å². The first-order chi connectivity index (χ1) is 23.8. The average Bonchev–Trinajstić information content (AvgIpc) is 3.66. The van der Waals surface area contributed by atoms with Crippen LogP contribution in [-0.4, -0.2) is 19.1 Å². The fourth-order valence-electron chi connectivity index (χ4n) is 7.38. The lowest BCUT2D eigenvalue weighted by Gasteiger charge is -2.16. The van der Waals surface area contributed by atoms with Gasteiger partial charge in [-0.1, -0.05) is 103 Å². The molecule has 7 aromatic carbocycles. The van der Waals surface area contributed by atoms with Gasteiger partial charge in [-0.25, -0.2) is 4.98 Å². The van der Waals surface area contributed by atoms with Crippen molar-refractivity contribution in [2.24, 2.45) is 0 Å². The van der Waals surface area contributed by atoms with Gasteiger partial charge < -0.3 is 9.13 Å². The number of hydrogen-bond acceptors (Lipinski definition) is 2. The Labute approximate surface area is 276 Å². The van der Waals surface area contributed by atoms with E-state index >= 15 is 0 Å². The highest BCUT2D eigenvalue weighted by Crippen LogP contribution is 2.42. The van der Waals surface area contributed by atoms with Gasteiger partial charge in [0, 0.05) is 38.4 Å². The standard InChI is InChI=1S/C44H28N4/c1-3-13-29(14-4-1)34-25-30(39-28-45-37-19-9-10-20-38(37)46-39)23-24-42(34)48-41-22-12-8-18-33(41)36-26-43-35(27-44(36)48)32-17-7-11-21-40(32)47(43)31-15-5-2-6-16-31/h1-28H. The smallest absolute Gasteiger partial charge is 0.0894 e. The first-order valence-electron chi connectivity index (χ1n) is 16.3. The molecule has 0 aliphatic carbocycles. The predicted octanol–water partition coefficient (Wildman–Crippen LogP) is 11.2. The predicted molar refractivity (Wildman–Crippen MR) is 199 cm³/mol. The Morgan fingerprint density at radius 2 is 0.979 bits per heavy atom. The van der Waals surface area contributed by atoms with Gasteiger partial charge in [0.25, 0.3) is 0 Å². The van der Waals surface area contributed by atoms with Gasteiger partial charge in [0.15, 0.2) is 0 Å². The van der Waals surface area contributed by atoms with E-state index in [-0.39, 0.29) is 0 Å². The summed E-state index contributed by atoms with van der Waals surface area (Å²) in [4.78, 5) is 9.71. The van der Waals surface area contributed by atoms with Crippen molar-refractivity contribution >= 4 is 54.6 Å². The van der Waals surface area contributed by atoms with Crippen LogP contribution in [0.2, 0.25) is 0 Å². The van der Waals surface area contributed by atoms with Crippen LogP contribution in [0.3, 0.4) is 0 Å². The number of fused-ring (bicyclic) bond motifs is 7. The topological polar surface area (TPSA) is 35.6 Å². The minimum Gasteiger partial charge on any atom is -0.309 e. The summed E-state index contributed by atoms with van der Waals surface area (Å²) < 4.78 is 4.84. The molecule has 4 heteroatoms.